The van der Waals surface area contributed by atoms with Crippen LogP contribution in [0.4, 0.5) is 0 Å². The summed E-state index contributed by atoms with van der Waals surface area (Å²) >= 11 is 0. The van der Waals surface area contributed by atoms with E-state index in [4.69, 9.17) is 4.74 Å². The molecule has 7 heteroatoms. The van der Waals surface area contributed by atoms with Crippen LogP contribution in [0.2, 0.25) is 0 Å². The minimum atomic E-state index is -0.0516. The number of ether oxygens (including phenoxy) is 1. The van der Waals surface area contributed by atoms with Gasteiger partial charge in [-0.15, -0.1) is 10.2 Å². The summed E-state index contributed by atoms with van der Waals surface area (Å²) < 4.78 is 6.92. The summed E-state index contributed by atoms with van der Waals surface area (Å²) in [7, 11) is 1.62. The van der Waals surface area contributed by atoms with Crippen LogP contribution in [0.1, 0.15) is 23.4 Å². The maximum absolute atomic E-state index is 12.3. The average molecular weight is 401 g/mol. The van der Waals surface area contributed by atoms with Gasteiger partial charge >= 0.3 is 0 Å². The quantitative estimate of drug-likeness (QED) is 0.514. The molecule has 0 atom stereocenters. The molecule has 1 N–H and O–H groups in total. The SMILES string of the molecule is COc1cccc(CNC(=O)CCc2nnc3ccc(-c4ccc(C)cc4)nn23)c1. The van der Waals surface area contributed by atoms with Crippen molar-refractivity contribution in [1.29, 1.82) is 0 Å². The van der Waals surface area contributed by atoms with Gasteiger partial charge in [0, 0.05) is 24.9 Å². The second kappa shape index (κ2) is 8.73. The lowest BCUT2D eigenvalue weighted by molar-refractivity contribution is -0.121. The largest absolute Gasteiger partial charge is 0.497 e. The average Bonchev–Trinajstić information content (AvgIpc) is 3.19. The third-order valence-corrected chi connectivity index (χ3v) is 4.87. The van der Waals surface area contributed by atoms with Gasteiger partial charge in [-0.3, -0.25) is 4.79 Å². The fraction of sp³-hybridized carbons (Fsp3) is 0.217. The van der Waals surface area contributed by atoms with Crippen LogP contribution < -0.4 is 10.1 Å². The van der Waals surface area contributed by atoms with E-state index < -0.39 is 0 Å². The number of carbonyl (C=O) groups excluding carboxylic acids is 1. The van der Waals surface area contributed by atoms with Crippen molar-refractivity contribution in [2.75, 3.05) is 7.11 Å². The van der Waals surface area contributed by atoms with Gasteiger partial charge in [0.05, 0.1) is 12.8 Å². The molecule has 0 saturated heterocycles. The number of rotatable bonds is 7. The van der Waals surface area contributed by atoms with Crippen LogP contribution in [0.25, 0.3) is 16.9 Å². The van der Waals surface area contributed by atoms with E-state index in [0.717, 1.165) is 22.6 Å². The third kappa shape index (κ3) is 4.46. The molecule has 4 rings (SSSR count). The van der Waals surface area contributed by atoms with Crippen LogP contribution in [0.5, 0.6) is 5.75 Å². The van der Waals surface area contributed by atoms with Crippen LogP contribution >= 0.6 is 0 Å². The van der Waals surface area contributed by atoms with E-state index in [1.165, 1.54) is 5.56 Å². The Morgan fingerprint density at radius 1 is 1.07 bits per heavy atom. The molecule has 0 spiro atoms. The van der Waals surface area contributed by atoms with Crippen LogP contribution in [0.3, 0.4) is 0 Å². The summed E-state index contributed by atoms with van der Waals surface area (Å²) in [5, 5.41) is 16.0. The molecule has 0 aliphatic heterocycles. The minimum absolute atomic E-state index is 0.0516. The smallest absolute Gasteiger partial charge is 0.220 e. The number of benzene rings is 2. The summed E-state index contributed by atoms with van der Waals surface area (Å²) in [6.45, 7) is 2.50. The zero-order chi connectivity index (χ0) is 20.9. The Kier molecular flexibility index (Phi) is 5.70. The number of hydrogen-bond acceptors (Lipinski definition) is 5. The molecule has 7 nitrogen and oxygen atoms in total. The number of aromatic nitrogens is 4. The van der Waals surface area contributed by atoms with Crippen molar-refractivity contribution in [3.8, 4) is 17.0 Å². The molecule has 0 unspecified atom stereocenters. The predicted octanol–water partition coefficient (Wildman–Crippen LogP) is 3.36. The number of nitrogens with zero attached hydrogens (tertiary/aromatic N) is 4. The zero-order valence-electron chi connectivity index (χ0n) is 17.0. The summed E-state index contributed by atoms with van der Waals surface area (Å²) in [4.78, 5) is 12.3. The number of hydrogen-bond donors (Lipinski definition) is 1. The number of amides is 1. The van der Waals surface area contributed by atoms with Crippen LogP contribution in [-0.2, 0) is 17.8 Å². The molecule has 0 fully saturated rings. The molecule has 152 valence electrons. The summed E-state index contributed by atoms with van der Waals surface area (Å²) in [6.07, 6.45) is 0.761. The standard InChI is InChI=1S/C23H23N5O2/c1-16-6-8-18(9-7-16)20-10-11-21-25-26-22(28(21)27-20)12-13-23(29)24-15-17-4-3-5-19(14-17)30-2/h3-11,14H,12-13,15H2,1-2H3,(H,24,29). The number of aryl methyl sites for hydroxylation is 2. The van der Waals surface area contributed by atoms with E-state index in [-0.39, 0.29) is 5.91 Å². The van der Waals surface area contributed by atoms with Crippen LogP contribution in [0, 0.1) is 6.92 Å². The summed E-state index contributed by atoms with van der Waals surface area (Å²) in [6, 6.07) is 19.6. The minimum Gasteiger partial charge on any atom is -0.497 e. The van der Waals surface area contributed by atoms with E-state index in [0.29, 0.717) is 30.9 Å². The number of carbonyl (C=O) groups is 1. The highest BCUT2D eigenvalue weighted by atomic mass is 16.5. The monoisotopic (exact) mass is 401 g/mol. The highest BCUT2D eigenvalue weighted by molar-refractivity contribution is 5.76. The molecular formula is C23H23N5O2. The number of fused-ring (bicyclic) bond motifs is 1. The molecule has 2 aromatic heterocycles. The Labute approximate surface area is 174 Å². The van der Waals surface area contributed by atoms with E-state index in [2.05, 4.69) is 39.7 Å². The number of nitrogens with one attached hydrogen (secondary N) is 1. The summed E-state index contributed by atoms with van der Waals surface area (Å²) in [5.74, 6) is 1.38. The normalized spacial score (nSPS) is 10.9. The van der Waals surface area contributed by atoms with Crippen molar-refractivity contribution < 1.29 is 9.53 Å². The first kappa shape index (κ1) is 19.6. The van der Waals surface area contributed by atoms with Gasteiger partial charge in [-0.05, 0) is 36.8 Å². The van der Waals surface area contributed by atoms with Gasteiger partial charge in [0.2, 0.25) is 5.91 Å². The van der Waals surface area contributed by atoms with Gasteiger partial charge in [0.25, 0.3) is 0 Å². The van der Waals surface area contributed by atoms with E-state index in [1.807, 2.05) is 48.5 Å². The molecule has 0 bridgehead atoms. The maximum atomic E-state index is 12.3. The third-order valence-electron chi connectivity index (χ3n) is 4.87. The van der Waals surface area contributed by atoms with Crippen molar-refractivity contribution >= 4 is 11.6 Å². The molecule has 1 amide bonds. The van der Waals surface area contributed by atoms with Gasteiger partial charge < -0.3 is 10.1 Å². The second-order valence-electron chi connectivity index (χ2n) is 7.10. The molecule has 0 aliphatic carbocycles. The van der Waals surface area contributed by atoms with E-state index >= 15 is 0 Å². The van der Waals surface area contributed by atoms with Gasteiger partial charge in [-0.2, -0.15) is 9.61 Å². The Morgan fingerprint density at radius 2 is 1.90 bits per heavy atom. The van der Waals surface area contributed by atoms with Crippen molar-refractivity contribution in [2.24, 2.45) is 0 Å². The lowest BCUT2D eigenvalue weighted by Gasteiger charge is -2.07. The van der Waals surface area contributed by atoms with Crippen LogP contribution in [0.15, 0.2) is 60.7 Å². The Balaban J connectivity index is 1.41. The Morgan fingerprint density at radius 3 is 2.70 bits per heavy atom. The Bertz CT molecular complexity index is 1170. The van der Waals surface area contributed by atoms with Gasteiger partial charge in [-0.25, -0.2) is 0 Å². The first-order chi connectivity index (χ1) is 14.6. The fourth-order valence-corrected chi connectivity index (χ4v) is 3.16. The zero-order valence-corrected chi connectivity index (χ0v) is 17.0. The predicted molar refractivity (Wildman–Crippen MR) is 114 cm³/mol. The maximum Gasteiger partial charge on any atom is 0.220 e. The molecule has 4 aromatic rings. The van der Waals surface area contributed by atoms with Gasteiger partial charge in [-0.1, -0.05) is 42.0 Å². The highest BCUT2D eigenvalue weighted by Gasteiger charge is 2.11. The summed E-state index contributed by atoms with van der Waals surface area (Å²) in [5.41, 5.74) is 4.71. The van der Waals surface area contributed by atoms with Crippen molar-refractivity contribution in [3.05, 3.63) is 77.6 Å². The van der Waals surface area contributed by atoms with Crippen LogP contribution in [-0.4, -0.2) is 32.8 Å². The molecule has 30 heavy (non-hydrogen) atoms. The lowest BCUT2D eigenvalue weighted by atomic mass is 10.1. The molecule has 0 aliphatic rings. The van der Waals surface area contributed by atoms with E-state index in [9.17, 15) is 4.79 Å². The fourth-order valence-electron chi connectivity index (χ4n) is 3.16. The molecule has 2 heterocycles. The first-order valence-corrected chi connectivity index (χ1v) is 9.80. The molecular weight excluding hydrogens is 378 g/mol. The lowest BCUT2D eigenvalue weighted by Crippen LogP contribution is -2.23. The topological polar surface area (TPSA) is 81.4 Å². The van der Waals surface area contributed by atoms with Crippen molar-refractivity contribution in [1.82, 2.24) is 25.1 Å². The second-order valence-corrected chi connectivity index (χ2v) is 7.10. The number of methoxy groups -OCH3 is 1. The Hall–Kier alpha value is -3.74. The van der Waals surface area contributed by atoms with Crippen molar-refractivity contribution in [3.63, 3.8) is 0 Å². The molecule has 0 radical (unpaired) electrons. The van der Waals surface area contributed by atoms with Crippen molar-refractivity contribution in [2.45, 2.75) is 26.3 Å². The highest BCUT2D eigenvalue weighted by Crippen LogP contribution is 2.18. The van der Waals surface area contributed by atoms with E-state index in [1.54, 1.807) is 11.6 Å². The van der Waals surface area contributed by atoms with Gasteiger partial charge in [0.15, 0.2) is 11.5 Å². The molecule has 2 aromatic carbocycles. The van der Waals surface area contributed by atoms with Gasteiger partial charge in [0.1, 0.15) is 5.75 Å². The first-order valence-electron chi connectivity index (χ1n) is 9.80. The molecule has 0 saturated carbocycles.